The average Bonchev–Trinajstić information content (AvgIpc) is 2.84. The molecule has 2 aromatic carbocycles. The lowest BCUT2D eigenvalue weighted by atomic mass is 10.0. The number of benzene rings is 2. The fraction of sp³-hybridized carbons (Fsp3) is 0.200. The van der Waals surface area contributed by atoms with Crippen LogP contribution in [0.15, 0.2) is 30.3 Å². The molecule has 20 heavy (non-hydrogen) atoms. The summed E-state index contributed by atoms with van der Waals surface area (Å²) >= 11 is 18.6. The van der Waals surface area contributed by atoms with Crippen molar-refractivity contribution in [2.75, 3.05) is 6.54 Å². The molecule has 1 aliphatic rings. The van der Waals surface area contributed by atoms with Crippen molar-refractivity contribution in [1.82, 2.24) is 0 Å². The standard InChI is InChI=1S/C15H12Cl3NO/c16-9-4-8-5-10(7-19)20-15(8)12(6-9)11-2-1-3-13(17)14(11)18/h1-4,6,10H,5,7,19H2/t10-/m0/s1. The second-order valence-electron chi connectivity index (χ2n) is 4.72. The molecule has 1 heterocycles. The van der Waals surface area contributed by atoms with Gasteiger partial charge in [-0.05, 0) is 23.8 Å². The van der Waals surface area contributed by atoms with Crippen molar-refractivity contribution in [1.29, 1.82) is 0 Å². The molecule has 3 rings (SSSR count). The summed E-state index contributed by atoms with van der Waals surface area (Å²) in [5.74, 6) is 0.800. The lowest BCUT2D eigenvalue weighted by molar-refractivity contribution is 0.242. The Morgan fingerprint density at radius 2 is 1.95 bits per heavy atom. The number of ether oxygens (including phenoxy) is 1. The molecule has 0 fully saturated rings. The quantitative estimate of drug-likeness (QED) is 0.876. The molecule has 1 aliphatic heterocycles. The van der Waals surface area contributed by atoms with Gasteiger partial charge in [0.2, 0.25) is 0 Å². The first-order valence-corrected chi connectivity index (χ1v) is 7.37. The van der Waals surface area contributed by atoms with Crippen molar-refractivity contribution < 1.29 is 4.74 Å². The highest BCUT2D eigenvalue weighted by atomic mass is 35.5. The summed E-state index contributed by atoms with van der Waals surface area (Å²) in [4.78, 5) is 0. The van der Waals surface area contributed by atoms with Crippen LogP contribution in [0, 0.1) is 0 Å². The third-order valence-electron chi connectivity index (χ3n) is 3.37. The molecule has 1 atom stereocenters. The molecule has 0 spiro atoms. The van der Waals surface area contributed by atoms with Gasteiger partial charge in [-0.15, -0.1) is 0 Å². The van der Waals surface area contributed by atoms with Crippen LogP contribution in [0.1, 0.15) is 5.56 Å². The van der Waals surface area contributed by atoms with Crippen molar-refractivity contribution in [3.63, 3.8) is 0 Å². The minimum Gasteiger partial charge on any atom is -0.488 e. The van der Waals surface area contributed by atoms with Crippen LogP contribution in [0.5, 0.6) is 5.75 Å². The van der Waals surface area contributed by atoms with Crippen LogP contribution in [0.25, 0.3) is 11.1 Å². The molecule has 2 N–H and O–H groups in total. The zero-order valence-electron chi connectivity index (χ0n) is 10.5. The monoisotopic (exact) mass is 327 g/mol. The van der Waals surface area contributed by atoms with Crippen molar-refractivity contribution in [2.24, 2.45) is 5.73 Å². The molecule has 2 nitrogen and oxygen atoms in total. The fourth-order valence-electron chi connectivity index (χ4n) is 2.44. The Morgan fingerprint density at radius 1 is 1.15 bits per heavy atom. The Hall–Kier alpha value is -0.930. The van der Waals surface area contributed by atoms with Crippen molar-refractivity contribution >= 4 is 34.8 Å². The molecule has 104 valence electrons. The van der Waals surface area contributed by atoms with Crippen LogP contribution in [0.3, 0.4) is 0 Å². The van der Waals surface area contributed by atoms with E-state index >= 15 is 0 Å². The van der Waals surface area contributed by atoms with Gasteiger partial charge in [0.05, 0.1) is 10.0 Å². The molecule has 0 aromatic heterocycles. The Balaban J connectivity index is 2.18. The van der Waals surface area contributed by atoms with Gasteiger partial charge in [0, 0.05) is 29.1 Å². The zero-order chi connectivity index (χ0) is 14.3. The van der Waals surface area contributed by atoms with E-state index in [4.69, 9.17) is 45.3 Å². The van der Waals surface area contributed by atoms with Gasteiger partial charge in [-0.25, -0.2) is 0 Å². The van der Waals surface area contributed by atoms with E-state index in [9.17, 15) is 0 Å². The second kappa shape index (κ2) is 5.45. The first-order valence-electron chi connectivity index (χ1n) is 6.23. The van der Waals surface area contributed by atoms with Crippen LogP contribution in [0.4, 0.5) is 0 Å². The minimum atomic E-state index is -0.0137. The highest BCUT2D eigenvalue weighted by Crippen LogP contribution is 2.44. The predicted octanol–water partition coefficient (Wildman–Crippen LogP) is 4.58. The van der Waals surface area contributed by atoms with Crippen molar-refractivity contribution in [3.8, 4) is 16.9 Å². The number of fused-ring (bicyclic) bond motifs is 1. The average molecular weight is 329 g/mol. The van der Waals surface area contributed by atoms with Gasteiger partial charge in [0.25, 0.3) is 0 Å². The van der Waals surface area contributed by atoms with Gasteiger partial charge in [-0.1, -0.05) is 46.9 Å². The number of hydrogen-bond acceptors (Lipinski definition) is 2. The maximum atomic E-state index is 6.30. The van der Waals surface area contributed by atoms with Gasteiger partial charge in [0.1, 0.15) is 11.9 Å². The van der Waals surface area contributed by atoms with Crippen LogP contribution >= 0.6 is 34.8 Å². The summed E-state index contributed by atoms with van der Waals surface area (Å²) in [5.41, 5.74) is 8.42. The van der Waals surface area contributed by atoms with Gasteiger partial charge < -0.3 is 10.5 Å². The van der Waals surface area contributed by atoms with E-state index in [0.29, 0.717) is 21.6 Å². The summed E-state index contributed by atoms with van der Waals surface area (Å²) in [6.07, 6.45) is 0.748. The fourth-order valence-corrected chi connectivity index (χ4v) is 3.08. The molecular formula is C15H12Cl3NO. The van der Waals surface area contributed by atoms with E-state index in [2.05, 4.69) is 0 Å². The highest BCUT2D eigenvalue weighted by molar-refractivity contribution is 6.43. The van der Waals surface area contributed by atoms with Gasteiger partial charge in [0.15, 0.2) is 0 Å². The van der Waals surface area contributed by atoms with E-state index in [1.165, 1.54) is 0 Å². The first-order chi connectivity index (χ1) is 9.60. The molecular weight excluding hydrogens is 317 g/mol. The molecule has 0 saturated carbocycles. The Bertz CT molecular complexity index is 672. The summed E-state index contributed by atoms with van der Waals surface area (Å²) in [7, 11) is 0. The first kappa shape index (κ1) is 14.0. The third-order valence-corrected chi connectivity index (χ3v) is 4.40. The van der Waals surface area contributed by atoms with E-state index in [0.717, 1.165) is 28.9 Å². The summed E-state index contributed by atoms with van der Waals surface area (Å²) < 4.78 is 5.91. The van der Waals surface area contributed by atoms with Crippen LogP contribution in [-0.2, 0) is 6.42 Å². The summed E-state index contributed by atoms with van der Waals surface area (Å²) in [5, 5.41) is 1.65. The molecule has 2 aromatic rings. The normalized spacial score (nSPS) is 16.9. The van der Waals surface area contributed by atoms with Gasteiger partial charge in [-0.3, -0.25) is 0 Å². The molecule has 5 heteroatoms. The zero-order valence-corrected chi connectivity index (χ0v) is 12.8. The maximum Gasteiger partial charge on any atom is 0.131 e. The van der Waals surface area contributed by atoms with E-state index in [-0.39, 0.29) is 6.10 Å². The molecule has 0 amide bonds. The Labute approximate surface area is 132 Å². The molecule has 0 unspecified atom stereocenters. The van der Waals surface area contributed by atoms with Crippen molar-refractivity contribution in [3.05, 3.63) is 51.0 Å². The Morgan fingerprint density at radius 3 is 2.70 bits per heavy atom. The molecule has 0 radical (unpaired) electrons. The maximum absolute atomic E-state index is 6.30. The molecule has 0 bridgehead atoms. The van der Waals surface area contributed by atoms with Crippen LogP contribution < -0.4 is 10.5 Å². The van der Waals surface area contributed by atoms with Crippen LogP contribution in [-0.4, -0.2) is 12.6 Å². The SMILES string of the molecule is NC[C@@H]1Cc2cc(Cl)cc(-c3cccc(Cl)c3Cl)c2O1. The largest absolute Gasteiger partial charge is 0.488 e. The van der Waals surface area contributed by atoms with Crippen LogP contribution in [0.2, 0.25) is 15.1 Å². The van der Waals surface area contributed by atoms with Gasteiger partial charge >= 0.3 is 0 Å². The smallest absolute Gasteiger partial charge is 0.131 e. The lowest BCUT2D eigenvalue weighted by Gasteiger charge is -2.13. The Kier molecular flexibility index (Phi) is 3.83. The lowest BCUT2D eigenvalue weighted by Crippen LogP contribution is -2.24. The predicted molar refractivity (Wildman–Crippen MR) is 84.1 cm³/mol. The number of rotatable bonds is 2. The minimum absolute atomic E-state index is 0.0137. The highest BCUT2D eigenvalue weighted by Gasteiger charge is 2.26. The summed E-state index contributed by atoms with van der Waals surface area (Å²) in [6, 6.07) is 9.26. The topological polar surface area (TPSA) is 35.2 Å². The summed E-state index contributed by atoms with van der Waals surface area (Å²) in [6.45, 7) is 0.467. The van der Waals surface area contributed by atoms with Crippen molar-refractivity contribution in [2.45, 2.75) is 12.5 Å². The number of nitrogens with two attached hydrogens (primary N) is 1. The number of halogens is 3. The van der Waals surface area contributed by atoms with E-state index in [1.807, 2.05) is 24.3 Å². The van der Waals surface area contributed by atoms with Gasteiger partial charge in [-0.2, -0.15) is 0 Å². The second-order valence-corrected chi connectivity index (χ2v) is 5.94. The third kappa shape index (κ3) is 2.38. The number of hydrogen-bond donors (Lipinski definition) is 1. The molecule has 0 saturated heterocycles. The van der Waals surface area contributed by atoms with E-state index < -0.39 is 0 Å². The molecule has 0 aliphatic carbocycles. The van der Waals surface area contributed by atoms with E-state index in [1.54, 1.807) is 6.07 Å².